The molecule has 104 valence electrons. The third kappa shape index (κ3) is 17.0. The fourth-order valence-electron chi connectivity index (χ4n) is 0.956. The first kappa shape index (κ1) is 23.1. The molecule has 0 aromatic heterocycles. The fourth-order valence-corrected chi connectivity index (χ4v) is 0.956. The van der Waals surface area contributed by atoms with E-state index in [9.17, 15) is 0 Å². The number of rotatable bonds is 0. The van der Waals surface area contributed by atoms with Crippen LogP contribution >= 0.6 is 0 Å². The van der Waals surface area contributed by atoms with Crippen LogP contribution in [0.3, 0.4) is 0 Å². The summed E-state index contributed by atoms with van der Waals surface area (Å²) in [5, 5.41) is 14.0. The van der Waals surface area contributed by atoms with Gasteiger partial charge in [-0.05, 0) is 0 Å². The molecule has 0 saturated heterocycles. The summed E-state index contributed by atoms with van der Waals surface area (Å²) < 4.78 is 0. The second-order valence-corrected chi connectivity index (χ2v) is 2.97. The smallest absolute Gasteiger partial charge is 0.0319 e. The van der Waals surface area contributed by atoms with Crippen molar-refractivity contribution in [2.45, 2.75) is 0 Å². The Hall–Kier alpha value is -1.03. The SMILES string of the molecule is CO.CO.[CH2-]c1ccccc1.[CH2-]c1ccccc1.[Hf]. The third-order valence-corrected chi connectivity index (χ3v) is 1.69. The van der Waals surface area contributed by atoms with Crippen LogP contribution in [-0.2, 0) is 25.8 Å². The summed E-state index contributed by atoms with van der Waals surface area (Å²) in [6.45, 7) is 7.44. The van der Waals surface area contributed by atoms with Gasteiger partial charge in [-0.2, -0.15) is 49.2 Å². The van der Waals surface area contributed by atoms with Crippen molar-refractivity contribution in [2.24, 2.45) is 0 Å². The summed E-state index contributed by atoms with van der Waals surface area (Å²) in [6, 6.07) is 19.7. The topological polar surface area (TPSA) is 40.5 Å². The van der Waals surface area contributed by atoms with Gasteiger partial charge in [-0.25, -0.2) is 0 Å². The summed E-state index contributed by atoms with van der Waals surface area (Å²) in [5.41, 5.74) is 2.14. The van der Waals surface area contributed by atoms with Crippen LogP contribution in [0.5, 0.6) is 0 Å². The molecule has 3 heteroatoms. The first-order chi connectivity index (χ1) is 8.79. The zero-order valence-electron chi connectivity index (χ0n) is 11.6. The maximum Gasteiger partial charge on any atom is 0.0319 e. The van der Waals surface area contributed by atoms with Gasteiger partial charge < -0.3 is 10.2 Å². The Morgan fingerprint density at radius 2 is 0.789 bits per heavy atom. The maximum atomic E-state index is 7.00. The predicted molar refractivity (Wildman–Crippen MR) is 78.1 cm³/mol. The van der Waals surface area contributed by atoms with Crippen LogP contribution in [0.4, 0.5) is 0 Å². The van der Waals surface area contributed by atoms with Crippen molar-refractivity contribution < 1.29 is 36.1 Å². The van der Waals surface area contributed by atoms with E-state index >= 15 is 0 Å². The molecule has 0 spiro atoms. The van der Waals surface area contributed by atoms with Crippen LogP contribution in [-0.4, -0.2) is 24.4 Å². The number of aliphatic hydroxyl groups is 2. The Morgan fingerprint density at radius 1 is 0.579 bits per heavy atom. The standard InChI is InChI=1S/2C7H7.2CH4O.Hf/c2*1-7-5-3-2-4-6-7;2*1-2;/h2*2-6H,1H2;2*2H,1H3;/q2*-1;;;. The fraction of sp³-hybridized carbons (Fsp3) is 0.125. The van der Waals surface area contributed by atoms with E-state index < -0.39 is 0 Å². The first-order valence-corrected chi connectivity index (χ1v) is 5.42. The number of hydrogen-bond acceptors (Lipinski definition) is 2. The molecule has 2 nitrogen and oxygen atoms in total. The Labute approximate surface area is 135 Å². The average molecular weight is 425 g/mol. The van der Waals surface area contributed by atoms with E-state index in [1.54, 1.807) is 0 Å². The van der Waals surface area contributed by atoms with E-state index in [2.05, 4.69) is 13.8 Å². The van der Waals surface area contributed by atoms with Crippen LogP contribution < -0.4 is 0 Å². The third-order valence-electron chi connectivity index (χ3n) is 1.69. The number of hydrogen-bond donors (Lipinski definition) is 2. The van der Waals surface area contributed by atoms with Crippen LogP contribution in [0.15, 0.2) is 60.7 Å². The van der Waals surface area contributed by atoms with Gasteiger partial charge in [0.2, 0.25) is 0 Å². The van der Waals surface area contributed by atoms with Gasteiger partial charge >= 0.3 is 0 Å². The van der Waals surface area contributed by atoms with E-state index in [4.69, 9.17) is 10.2 Å². The second-order valence-electron chi connectivity index (χ2n) is 2.97. The molecule has 0 aliphatic rings. The Bertz CT molecular complexity index is 312. The molecule has 0 atom stereocenters. The molecular formula is C16H22HfO2-2. The van der Waals surface area contributed by atoms with Crippen molar-refractivity contribution >= 4 is 0 Å². The Kier molecular flexibility index (Phi) is 23.5. The van der Waals surface area contributed by atoms with Gasteiger partial charge in [0, 0.05) is 40.1 Å². The van der Waals surface area contributed by atoms with Crippen molar-refractivity contribution in [3.8, 4) is 0 Å². The van der Waals surface area contributed by atoms with E-state index in [1.165, 1.54) is 0 Å². The average Bonchev–Trinajstić information content (AvgIpc) is 2.46. The van der Waals surface area contributed by atoms with E-state index in [0.717, 1.165) is 25.3 Å². The number of benzene rings is 2. The molecule has 0 amide bonds. The molecule has 2 aromatic rings. The van der Waals surface area contributed by atoms with Gasteiger partial charge in [0.05, 0.1) is 0 Å². The van der Waals surface area contributed by atoms with E-state index in [1.807, 2.05) is 60.7 Å². The van der Waals surface area contributed by atoms with Gasteiger partial charge in [-0.3, -0.25) is 0 Å². The summed E-state index contributed by atoms with van der Waals surface area (Å²) >= 11 is 0. The molecule has 0 radical (unpaired) electrons. The molecule has 0 bridgehead atoms. The van der Waals surface area contributed by atoms with Crippen molar-refractivity contribution in [1.82, 2.24) is 0 Å². The molecular weight excluding hydrogens is 403 g/mol. The minimum Gasteiger partial charge on any atom is -0.400 e. The molecule has 0 aliphatic heterocycles. The van der Waals surface area contributed by atoms with Gasteiger partial charge in [0.15, 0.2) is 0 Å². The van der Waals surface area contributed by atoms with Gasteiger partial charge in [-0.15, -0.1) is 24.3 Å². The molecule has 0 heterocycles. The largest absolute Gasteiger partial charge is 0.400 e. The predicted octanol–water partition coefficient (Wildman–Crippen LogP) is 2.95. The molecule has 2 N–H and O–H groups in total. The van der Waals surface area contributed by atoms with Crippen LogP contribution in [0.25, 0.3) is 0 Å². The van der Waals surface area contributed by atoms with Crippen molar-refractivity contribution in [3.05, 3.63) is 85.6 Å². The molecule has 0 aliphatic carbocycles. The number of aliphatic hydroxyl groups excluding tert-OH is 2. The van der Waals surface area contributed by atoms with Gasteiger partial charge in [-0.1, -0.05) is 12.1 Å². The van der Waals surface area contributed by atoms with Crippen molar-refractivity contribution in [3.63, 3.8) is 0 Å². The summed E-state index contributed by atoms with van der Waals surface area (Å²) in [7, 11) is 2.00. The van der Waals surface area contributed by atoms with Crippen molar-refractivity contribution in [2.75, 3.05) is 14.2 Å². The zero-order chi connectivity index (χ0) is 14.2. The monoisotopic (exact) mass is 426 g/mol. The van der Waals surface area contributed by atoms with Crippen LogP contribution in [0.2, 0.25) is 0 Å². The normalized spacial score (nSPS) is 6.95. The second kappa shape index (κ2) is 19.3. The summed E-state index contributed by atoms with van der Waals surface area (Å²) in [4.78, 5) is 0. The van der Waals surface area contributed by atoms with E-state index in [-0.39, 0.29) is 25.8 Å². The molecule has 0 fully saturated rings. The van der Waals surface area contributed by atoms with Crippen LogP contribution in [0, 0.1) is 13.8 Å². The Morgan fingerprint density at radius 3 is 0.895 bits per heavy atom. The van der Waals surface area contributed by atoms with Crippen LogP contribution in [0.1, 0.15) is 11.1 Å². The maximum absolute atomic E-state index is 7.00. The summed E-state index contributed by atoms with van der Waals surface area (Å²) in [6.07, 6.45) is 0. The first-order valence-electron chi connectivity index (χ1n) is 5.42. The minimum absolute atomic E-state index is 0. The summed E-state index contributed by atoms with van der Waals surface area (Å²) in [5.74, 6) is 0. The zero-order valence-corrected chi connectivity index (χ0v) is 15.2. The molecule has 2 aromatic carbocycles. The van der Waals surface area contributed by atoms with E-state index in [0.29, 0.717) is 0 Å². The molecule has 0 unspecified atom stereocenters. The van der Waals surface area contributed by atoms with Crippen molar-refractivity contribution in [1.29, 1.82) is 0 Å². The molecule has 2 rings (SSSR count). The quantitative estimate of drug-likeness (QED) is 0.504. The van der Waals surface area contributed by atoms with Gasteiger partial charge in [0.1, 0.15) is 0 Å². The molecule has 19 heavy (non-hydrogen) atoms. The molecule has 0 saturated carbocycles. The Balaban J connectivity index is -0.000000205. The minimum atomic E-state index is 0. The van der Waals surface area contributed by atoms with Gasteiger partial charge in [0.25, 0.3) is 0 Å².